The maximum atomic E-state index is 11.2. The van der Waals surface area contributed by atoms with Gasteiger partial charge < -0.3 is 14.9 Å². The van der Waals surface area contributed by atoms with Gasteiger partial charge in [0.2, 0.25) is 0 Å². The van der Waals surface area contributed by atoms with Crippen molar-refractivity contribution in [1.82, 2.24) is 0 Å². The van der Waals surface area contributed by atoms with Crippen molar-refractivity contribution in [2.24, 2.45) is 0 Å². The van der Waals surface area contributed by atoms with Crippen LogP contribution in [0.15, 0.2) is 30.3 Å². The second kappa shape index (κ2) is 4.91. The fraction of sp³-hybridized carbons (Fsp3) is 0.364. The molecule has 0 aromatic heterocycles. The van der Waals surface area contributed by atoms with Crippen LogP contribution in [0.25, 0.3) is 0 Å². The van der Waals surface area contributed by atoms with Crippen molar-refractivity contribution in [2.45, 2.75) is 19.1 Å². The molecule has 0 saturated heterocycles. The molecule has 0 aliphatic heterocycles. The Balaban J connectivity index is 2.48. The van der Waals surface area contributed by atoms with E-state index in [1.807, 2.05) is 18.2 Å². The summed E-state index contributed by atoms with van der Waals surface area (Å²) in [7, 11) is 0. The summed E-state index contributed by atoms with van der Waals surface area (Å²) in [6, 6.07) is 9.12. The first-order valence-electron chi connectivity index (χ1n) is 4.60. The van der Waals surface area contributed by atoms with E-state index in [0.717, 1.165) is 5.56 Å². The molecule has 0 aliphatic rings. The van der Waals surface area contributed by atoms with Crippen LogP contribution in [-0.4, -0.2) is 28.4 Å². The molecule has 0 heterocycles. The van der Waals surface area contributed by atoms with E-state index in [1.54, 1.807) is 12.1 Å². The molecule has 0 fully saturated rings. The summed E-state index contributed by atoms with van der Waals surface area (Å²) in [5.41, 5.74) is -0.992. The number of carbonyl (C=O) groups excluding carboxylic acids is 1. The summed E-state index contributed by atoms with van der Waals surface area (Å²) in [6.45, 7) is 0.650. The minimum Gasteiger partial charge on any atom is -0.459 e. The van der Waals surface area contributed by atoms with E-state index < -0.39 is 18.2 Å². The minimum absolute atomic E-state index is 0.0931. The zero-order valence-corrected chi connectivity index (χ0v) is 8.51. The summed E-state index contributed by atoms with van der Waals surface area (Å²) in [6.07, 6.45) is 0. The van der Waals surface area contributed by atoms with E-state index in [4.69, 9.17) is 9.84 Å². The summed E-state index contributed by atoms with van der Waals surface area (Å²) in [4.78, 5) is 11.2. The largest absolute Gasteiger partial charge is 0.459 e. The van der Waals surface area contributed by atoms with Gasteiger partial charge in [0.05, 0.1) is 6.61 Å². The Morgan fingerprint density at radius 3 is 2.53 bits per heavy atom. The van der Waals surface area contributed by atoms with Crippen molar-refractivity contribution >= 4 is 5.97 Å². The van der Waals surface area contributed by atoms with Crippen molar-refractivity contribution in [1.29, 1.82) is 0 Å². The van der Waals surface area contributed by atoms with E-state index in [2.05, 4.69) is 0 Å². The van der Waals surface area contributed by atoms with Crippen LogP contribution in [0, 0.1) is 0 Å². The summed E-state index contributed by atoms with van der Waals surface area (Å²) in [5.74, 6) is -0.825. The molecular formula is C11H14O4. The van der Waals surface area contributed by atoms with Crippen LogP contribution in [0.1, 0.15) is 12.5 Å². The minimum atomic E-state index is -1.82. The average Bonchev–Trinajstić information content (AvgIpc) is 2.27. The van der Waals surface area contributed by atoms with E-state index in [9.17, 15) is 9.90 Å². The highest BCUT2D eigenvalue weighted by Gasteiger charge is 2.31. The van der Waals surface area contributed by atoms with Gasteiger partial charge in [0.15, 0.2) is 5.60 Å². The third-order valence-corrected chi connectivity index (χ3v) is 1.96. The fourth-order valence-electron chi connectivity index (χ4n) is 0.943. The van der Waals surface area contributed by atoms with E-state index in [1.165, 1.54) is 6.92 Å². The lowest BCUT2D eigenvalue weighted by atomic mass is 10.1. The molecule has 2 N–H and O–H groups in total. The Bertz CT molecular complexity index is 319. The standard InChI is InChI=1S/C11H14O4/c1-11(14,8-12)10(13)15-7-9-5-3-2-4-6-9/h2-6,12,14H,7-8H2,1H3/t11-/m1/s1. The van der Waals surface area contributed by atoms with Crippen molar-refractivity contribution < 1.29 is 19.7 Å². The Hall–Kier alpha value is -1.39. The first-order valence-corrected chi connectivity index (χ1v) is 4.60. The van der Waals surface area contributed by atoms with Gasteiger partial charge in [-0.1, -0.05) is 30.3 Å². The lowest BCUT2D eigenvalue weighted by Gasteiger charge is -2.18. The zero-order valence-electron chi connectivity index (χ0n) is 8.51. The van der Waals surface area contributed by atoms with Gasteiger partial charge in [0, 0.05) is 0 Å². The third-order valence-electron chi connectivity index (χ3n) is 1.96. The molecule has 4 nitrogen and oxygen atoms in total. The third kappa shape index (κ3) is 3.34. The molecule has 0 aliphatic carbocycles. The quantitative estimate of drug-likeness (QED) is 0.709. The Kier molecular flexibility index (Phi) is 3.82. The van der Waals surface area contributed by atoms with Crippen LogP contribution in [0.4, 0.5) is 0 Å². The van der Waals surface area contributed by atoms with E-state index >= 15 is 0 Å². The summed E-state index contributed by atoms with van der Waals surface area (Å²) >= 11 is 0. The molecule has 0 saturated carbocycles. The predicted octanol–water partition coefficient (Wildman–Crippen LogP) is 0.473. The molecular weight excluding hydrogens is 196 g/mol. The first-order chi connectivity index (χ1) is 7.06. The Morgan fingerprint density at radius 1 is 1.40 bits per heavy atom. The molecule has 0 unspecified atom stereocenters. The number of benzene rings is 1. The molecule has 1 rings (SSSR count). The number of aliphatic hydroxyl groups is 2. The summed E-state index contributed by atoms with van der Waals surface area (Å²) in [5, 5.41) is 18.1. The highest BCUT2D eigenvalue weighted by atomic mass is 16.6. The van der Waals surface area contributed by atoms with Crippen molar-refractivity contribution in [3.8, 4) is 0 Å². The van der Waals surface area contributed by atoms with Gasteiger partial charge >= 0.3 is 5.97 Å². The Labute approximate surface area is 88.1 Å². The van der Waals surface area contributed by atoms with Gasteiger partial charge in [0.25, 0.3) is 0 Å². The summed E-state index contributed by atoms with van der Waals surface area (Å²) < 4.78 is 4.83. The second-order valence-electron chi connectivity index (χ2n) is 3.49. The molecule has 1 aromatic rings. The smallest absolute Gasteiger partial charge is 0.340 e. The number of ether oxygens (including phenoxy) is 1. The zero-order chi connectivity index (χ0) is 11.3. The molecule has 0 amide bonds. The maximum absolute atomic E-state index is 11.2. The van der Waals surface area contributed by atoms with Crippen LogP contribution in [-0.2, 0) is 16.1 Å². The van der Waals surface area contributed by atoms with Gasteiger partial charge in [0.1, 0.15) is 6.61 Å². The Morgan fingerprint density at radius 2 is 2.00 bits per heavy atom. The number of hydrogen-bond acceptors (Lipinski definition) is 4. The molecule has 1 atom stereocenters. The van der Waals surface area contributed by atoms with Crippen LogP contribution in [0.2, 0.25) is 0 Å². The second-order valence-corrected chi connectivity index (χ2v) is 3.49. The van der Waals surface area contributed by atoms with Crippen molar-refractivity contribution in [2.75, 3.05) is 6.61 Å². The predicted molar refractivity (Wildman–Crippen MR) is 53.9 cm³/mol. The maximum Gasteiger partial charge on any atom is 0.340 e. The van der Waals surface area contributed by atoms with Crippen LogP contribution >= 0.6 is 0 Å². The molecule has 82 valence electrons. The SMILES string of the molecule is C[C@@](O)(CO)C(=O)OCc1ccccc1. The molecule has 0 radical (unpaired) electrons. The molecule has 15 heavy (non-hydrogen) atoms. The fourth-order valence-corrected chi connectivity index (χ4v) is 0.943. The number of hydrogen-bond donors (Lipinski definition) is 2. The van der Waals surface area contributed by atoms with Gasteiger partial charge in [-0.25, -0.2) is 4.79 Å². The number of rotatable bonds is 4. The lowest BCUT2D eigenvalue weighted by Crippen LogP contribution is -2.40. The first kappa shape index (κ1) is 11.7. The van der Waals surface area contributed by atoms with Gasteiger partial charge in [-0.05, 0) is 12.5 Å². The van der Waals surface area contributed by atoms with Crippen molar-refractivity contribution in [3.63, 3.8) is 0 Å². The van der Waals surface area contributed by atoms with E-state index in [-0.39, 0.29) is 6.61 Å². The number of esters is 1. The van der Waals surface area contributed by atoms with Crippen LogP contribution in [0.3, 0.4) is 0 Å². The van der Waals surface area contributed by atoms with Gasteiger partial charge in [-0.15, -0.1) is 0 Å². The molecule has 1 aromatic carbocycles. The van der Waals surface area contributed by atoms with Gasteiger partial charge in [-0.2, -0.15) is 0 Å². The van der Waals surface area contributed by atoms with Crippen LogP contribution in [0.5, 0.6) is 0 Å². The highest BCUT2D eigenvalue weighted by molar-refractivity contribution is 5.78. The highest BCUT2D eigenvalue weighted by Crippen LogP contribution is 2.07. The topological polar surface area (TPSA) is 66.8 Å². The lowest BCUT2D eigenvalue weighted by molar-refractivity contribution is -0.168. The average molecular weight is 210 g/mol. The number of carbonyl (C=O) groups is 1. The van der Waals surface area contributed by atoms with Crippen LogP contribution < -0.4 is 0 Å². The molecule has 4 heteroatoms. The number of aliphatic hydroxyl groups excluding tert-OH is 1. The monoisotopic (exact) mass is 210 g/mol. The molecule has 0 bridgehead atoms. The molecule has 0 spiro atoms. The normalized spacial score (nSPS) is 14.3. The van der Waals surface area contributed by atoms with Crippen molar-refractivity contribution in [3.05, 3.63) is 35.9 Å². The van der Waals surface area contributed by atoms with E-state index in [0.29, 0.717) is 0 Å². The van der Waals surface area contributed by atoms with Gasteiger partial charge in [-0.3, -0.25) is 0 Å².